The van der Waals surface area contributed by atoms with Gasteiger partial charge in [0.2, 0.25) is 0 Å². The molecule has 96 valence electrons. The van der Waals surface area contributed by atoms with Crippen LogP contribution in [0.4, 0.5) is 19.0 Å². The number of halogens is 3. The fourth-order valence-electron chi connectivity index (χ4n) is 1.27. The number of nitrogens with one attached hydrogen (secondary N) is 2. The van der Waals surface area contributed by atoms with Crippen LogP contribution in [0.25, 0.3) is 0 Å². The van der Waals surface area contributed by atoms with Crippen molar-refractivity contribution in [1.82, 2.24) is 10.3 Å². The van der Waals surface area contributed by atoms with Gasteiger partial charge in [0.1, 0.15) is 11.5 Å². The van der Waals surface area contributed by atoms with Crippen molar-refractivity contribution in [1.29, 1.82) is 0 Å². The summed E-state index contributed by atoms with van der Waals surface area (Å²) >= 11 is 0. The molecule has 0 aromatic carbocycles. The van der Waals surface area contributed by atoms with Gasteiger partial charge < -0.3 is 10.6 Å². The van der Waals surface area contributed by atoms with Gasteiger partial charge >= 0.3 is 6.18 Å². The van der Waals surface area contributed by atoms with E-state index in [1.54, 1.807) is 0 Å². The number of anilines is 1. The van der Waals surface area contributed by atoms with Crippen molar-refractivity contribution in [3.63, 3.8) is 0 Å². The molecule has 2 N–H and O–H groups in total. The minimum atomic E-state index is -4.39. The summed E-state index contributed by atoms with van der Waals surface area (Å²) in [4.78, 5) is 3.50. The standard InChI is InChI=1S/C11H16F3N3/c1-2-6-15-7-8-16-10-5-3-4-9(17-10)11(12,13)14/h3-5,15H,2,6-8H2,1H3,(H,16,17). The minimum Gasteiger partial charge on any atom is -0.369 e. The molecule has 0 saturated heterocycles. The van der Waals surface area contributed by atoms with Gasteiger partial charge in [0.05, 0.1) is 0 Å². The van der Waals surface area contributed by atoms with E-state index in [1.165, 1.54) is 12.1 Å². The number of alkyl halides is 3. The van der Waals surface area contributed by atoms with E-state index in [-0.39, 0.29) is 5.82 Å². The van der Waals surface area contributed by atoms with Gasteiger partial charge in [0, 0.05) is 13.1 Å². The van der Waals surface area contributed by atoms with Crippen LogP contribution >= 0.6 is 0 Å². The summed E-state index contributed by atoms with van der Waals surface area (Å²) in [5.41, 5.74) is -0.871. The van der Waals surface area contributed by atoms with E-state index in [0.717, 1.165) is 19.0 Å². The van der Waals surface area contributed by atoms with Crippen LogP contribution in [0.15, 0.2) is 18.2 Å². The molecule has 0 aliphatic heterocycles. The highest BCUT2D eigenvalue weighted by Gasteiger charge is 2.32. The van der Waals surface area contributed by atoms with E-state index in [4.69, 9.17) is 0 Å². The molecule has 17 heavy (non-hydrogen) atoms. The van der Waals surface area contributed by atoms with Crippen molar-refractivity contribution in [3.05, 3.63) is 23.9 Å². The van der Waals surface area contributed by atoms with Gasteiger partial charge in [-0.2, -0.15) is 13.2 Å². The molecule has 0 radical (unpaired) electrons. The maximum atomic E-state index is 12.4. The normalized spacial score (nSPS) is 11.5. The lowest BCUT2D eigenvalue weighted by molar-refractivity contribution is -0.141. The number of hydrogen-bond acceptors (Lipinski definition) is 3. The first kappa shape index (κ1) is 13.8. The highest BCUT2D eigenvalue weighted by atomic mass is 19.4. The lowest BCUT2D eigenvalue weighted by Gasteiger charge is -2.09. The van der Waals surface area contributed by atoms with Crippen LogP contribution in [0.3, 0.4) is 0 Å². The number of hydrogen-bond donors (Lipinski definition) is 2. The monoisotopic (exact) mass is 247 g/mol. The molecule has 0 aliphatic carbocycles. The zero-order chi connectivity index (χ0) is 12.7. The average Bonchev–Trinajstić information content (AvgIpc) is 2.28. The topological polar surface area (TPSA) is 37.0 Å². The van der Waals surface area contributed by atoms with Gasteiger partial charge in [-0.15, -0.1) is 0 Å². The Morgan fingerprint density at radius 3 is 2.59 bits per heavy atom. The summed E-state index contributed by atoms with van der Waals surface area (Å²) in [6.07, 6.45) is -3.36. The Morgan fingerprint density at radius 2 is 1.94 bits per heavy atom. The van der Waals surface area contributed by atoms with Crippen LogP contribution in [-0.4, -0.2) is 24.6 Å². The summed E-state index contributed by atoms with van der Waals surface area (Å²) in [7, 11) is 0. The Kier molecular flexibility index (Phi) is 5.21. The van der Waals surface area contributed by atoms with Crippen molar-refractivity contribution in [3.8, 4) is 0 Å². The number of nitrogens with zero attached hydrogens (tertiary/aromatic N) is 1. The van der Waals surface area contributed by atoms with Gasteiger partial charge in [-0.1, -0.05) is 13.0 Å². The summed E-state index contributed by atoms with van der Waals surface area (Å²) in [6.45, 7) is 4.20. The average molecular weight is 247 g/mol. The van der Waals surface area contributed by atoms with Crippen LogP contribution in [0, 0.1) is 0 Å². The van der Waals surface area contributed by atoms with Crippen LogP contribution < -0.4 is 10.6 Å². The lowest BCUT2D eigenvalue weighted by Crippen LogP contribution is -2.23. The van der Waals surface area contributed by atoms with Gasteiger partial charge in [0.15, 0.2) is 0 Å². The second-order valence-electron chi connectivity index (χ2n) is 3.58. The molecule has 1 heterocycles. The molecular weight excluding hydrogens is 231 g/mol. The van der Waals surface area contributed by atoms with Crippen LogP contribution in [0.2, 0.25) is 0 Å². The highest BCUT2D eigenvalue weighted by Crippen LogP contribution is 2.27. The molecule has 0 amide bonds. The van der Waals surface area contributed by atoms with Crippen molar-refractivity contribution >= 4 is 5.82 Å². The molecule has 0 spiro atoms. The fraction of sp³-hybridized carbons (Fsp3) is 0.545. The van der Waals surface area contributed by atoms with E-state index < -0.39 is 11.9 Å². The number of pyridine rings is 1. The Morgan fingerprint density at radius 1 is 1.18 bits per heavy atom. The lowest BCUT2D eigenvalue weighted by atomic mass is 10.3. The number of rotatable bonds is 6. The molecule has 0 atom stereocenters. The zero-order valence-corrected chi connectivity index (χ0v) is 9.64. The summed E-state index contributed by atoms with van der Waals surface area (Å²) in [5, 5.41) is 5.98. The van der Waals surface area contributed by atoms with Gasteiger partial charge in [-0.3, -0.25) is 0 Å². The maximum absolute atomic E-state index is 12.4. The van der Waals surface area contributed by atoms with Gasteiger partial charge in [-0.05, 0) is 25.1 Å². The summed E-state index contributed by atoms with van der Waals surface area (Å²) in [5.74, 6) is 0.248. The quantitative estimate of drug-likeness (QED) is 0.758. The third-order valence-electron chi connectivity index (χ3n) is 2.07. The minimum absolute atomic E-state index is 0.248. The first-order chi connectivity index (χ1) is 8.04. The summed E-state index contributed by atoms with van der Waals surface area (Å²) < 4.78 is 37.1. The molecule has 3 nitrogen and oxygen atoms in total. The van der Waals surface area contributed by atoms with Gasteiger partial charge in [-0.25, -0.2) is 4.98 Å². The van der Waals surface area contributed by atoms with E-state index >= 15 is 0 Å². The van der Waals surface area contributed by atoms with Crippen LogP contribution in [-0.2, 0) is 6.18 Å². The molecule has 0 unspecified atom stereocenters. The molecule has 0 aliphatic rings. The van der Waals surface area contributed by atoms with Crippen LogP contribution in [0.5, 0.6) is 0 Å². The summed E-state index contributed by atoms with van der Waals surface area (Å²) in [6, 6.07) is 3.83. The van der Waals surface area contributed by atoms with Crippen molar-refractivity contribution in [2.24, 2.45) is 0 Å². The molecule has 1 aromatic rings. The molecule has 0 fully saturated rings. The molecule has 1 rings (SSSR count). The molecular formula is C11H16F3N3. The Labute approximate surface area is 98.4 Å². The van der Waals surface area contributed by atoms with E-state index in [2.05, 4.69) is 22.5 Å². The van der Waals surface area contributed by atoms with Crippen molar-refractivity contribution in [2.45, 2.75) is 19.5 Å². The van der Waals surface area contributed by atoms with Crippen molar-refractivity contribution in [2.75, 3.05) is 25.0 Å². The molecule has 1 aromatic heterocycles. The second kappa shape index (κ2) is 6.44. The smallest absolute Gasteiger partial charge is 0.369 e. The van der Waals surface area contributed by atoms with Crippen LogP contribution in [0.1, 0.15) is 19.0 Å². The third kappa shape index (κ3) is 5.04. The Hall–Kier alpha value is -1.30. The second-order valence-corrected chi connectivity index (χ2v) is 3.58. The maximum Gasteiger partial charge on any atom is 0.433 e. The fourth-order valence-corrected chi connectivity index (χ4v) is 1.27. The van der Waals surface area contributed by atoms with E-state index in [0.29, 0.717) is 13.1 Å². The largest absolute Gasteiger partial charge is 0.433 e. The SMILES string of the molecule is CCCNCCNc1cccc(C(F)(F)F)n1. The molecule has 6 heteroatoms. The molecule has 0 saturated carbocycles. The predicted octanol–water partition coefficient (Wildman–Crippen LogP) is 2.51. The van der Waals surface area contributed by atoms with Gasteiger partial charge in [0.25, 0.3) is 0 Å². The van der Waals surface area contributed by atoms with E-state index in [1.807, 2.05) is 0 Å². The Bertz CT molecular complexity index is 339. The third-order valence-corrected chi connectivity index (χ3v) is 2.07. The zero-order valence-electron chi connectivity index (χ0n) is 9.64. The number of aromatic nitrogens is 1. The van der Waals surface area contributed by atoms with E-state index in [9.17, 15) is 13.2 Å². The first-order valence-corrected chi connectivity index (χ1v) is 5.53. The van der Waals surface area contributed by atoms with Crippen molar-refractivity contribution < 1.29 is 13.2 Å². The predicted molar refractivity (Wildman–Crippen MR) is 60.9 cm³/mol. The molecule has 0 bridgehead atoms. The Balaban J connectivity index is 2.44. The highest BCUT2D eigenvalue weighted by molar-refractivity contribution is 5.35. The first-order valence-electron chi connectivity index (χ1n) is 5.53.